The number of carbonyl (C=O) groups excluding carboxylic acids is 1. The Morgan fingerprint density at radius 2 is 2.15 bits per heavy atom. The normalized spacial score (nSPS) is 21.7. The molecule has 20 heavy (non-hydrogen) atoms. The number of benzene rings is 1. The number of amides is 1. The summed E-state index contributed by atoms with van der Waals surface area (Å²) in [6.07, 6.45) is 2.29. The summed E-state index contributed by atoms with van der Waals surface area (Å²) in [6, 6.07) is 4.43. The maximum Gasteiger partial charge on any atom is 0.306 e. The summed E-state index contributed by atoms with van der Waals surface area (Å²) in [5.41, 5.74) is 0.751. The molecule has 0 aliphatic heterocycles. The molecule has 0 saturated heterocycles. The molecule has 0 heterocycles. The molecule has 5 heteroatoms. The summed E-state index contributed by atoms with van der Waals surface area (Å²) in [7, 11) is 0. The SMILES string of the molecule is Cc1ccc(C(=O)NCC2CCCC2C(=O)O)c(F)c1. The van der Waals surface area contributed by atoms with Crippen LogP contribution in [0.5, 0.6) is 0 Å². The van der Waals surface area contributed by atoms with Crippen molar-refractivity contribution < 1.29 is 19.1 Å². The van der Waals surface area contributed by atoms with Gasteiger partial charge >= 0.3 is 5.97 Å². The Kier molecular flexibility index (Phi) is 4.37. The monoisotopic (exact) mass is 279 g/mol. The summed E-state index contributed by atoms with van der Waals surface area (Å²) in [6.45, 7) is 2.03. The first-order chi connectivity index (χ1) is 9.49. The zero-order valence-electron chi connectivity index (χ0n) is 11.4. The second-order valence-corrected chi connectivity index (χ2v) is 5.33. The van der Waals surface area contributed by atoms with Crippen molar-refractivity contribution in [1.29, 1.82) is 0 Å². The fourth-order valence-corrected chi connectivity index (χ4v) is 2.73. The third-order valence-electron chi connectivity index (χ3n) is 3.87. The minimum atomic E-state index is -0.816. The van der Waals surface area contributed by atoms with E-state index in [4.69, 9.17) is 5.11 Å². The van der Waals surface area contributed by atoms with E-state index >= 15 is 0 Å². The van der Waals surface area contributed by atoms with Crippen LogP contribution in [-0.2, 0) is 4.79 Å². The highest BCUT2D eigenvalue weighted by molar-refractivity contribution is 5.94. The van der Waals surface area contributed by atoms with Crippen LogP contribution >= 0.6 is 0 Å². The van der Waals surface area contributed by atoms with E-state index in [2.05, 4.69) is 5.32 Å². The average Bonchev–Trinajstić information content (AvgIpc) is 2.84. The van der Waals surface area contributed by atoms with Gasteiger partial charge in [0.2, 0.25) is 0 Å². The molecule has 2 N–H and O–H groups in total. The summed E-state index contributed by atoms with van der Waals surface area (Å²) >= 11 is 0. The molecule has 1 aromatic rings. The molecule has 1 aliphatic carbocycles. The first-order valence-electron chi connectivity index (χ1n) is 6.76. The molecule has 2 atom stereocenters. The first-order valence-corrected chi connectivity index (χ1v) is 6.76. The van der Waals surface area contributed by atoms with Crippen molar-refractivity contribution >= 4 is 11.9 Å². The molecular formula is C15H18FNO3. The number of aryl methyl sites for hydroxylation is 1. The quantitative estimate of drug-likeness (QED) is 0.889. The zero-order chi connectivity index (χ0) is 14.7. The zero-order valence-corrected chi connectivity index (χ0v) is 11.4. The molecule has 4 nitrogen and oxygen atoms in total. The number of hydrogen-bond acceptors (Lipinski definition) is 2. The molecule has 2 rings (SSSR count). The molecule has 0 spiro atoms. The van der Waals surface area contributed by atoms with Gasteiger partial charge in [0, 0.05) is 6.54 Å². The summed E-state index contributed by atoms with van der Waals surface area (Å²) in [5, 5.41) is 11.7. The van der Waals surface area contributed by atoms with Gasteiger partial charge in [0.25, 0.3) is 5.91 Å². The van der Waals surface area contributed by atoms with Gasteiger partial charge in [0.1, 0.15) is 5.82 Å². The second-order valence-electron chi connectivity index (χ2n) is 5.33. The third-order valence-corrected chi connectivity index (χ3v) is 3.87. The summed E-state index contributed by atoms with van der Waals surface area (Å²) < 4.78 is 13.7. The van der Waals surface area contributed by atoms with Crippen LogP contribution in [0.15, 0.2) is 18.2 Å². The average molecular weight is 279 g/mol. The van der Waals surface area contributed by atoms with E-state index in [1.807, 2.05) is 0 Å². The van der Waals surface area contributed by atoms with Gasteiger partial charge in [0.05, 0.1) is 11.5 Å². The van der Waals surface area contributed by atoms with Crippen LogP contribution in [0.2, 0.25) is 0 Å². The van der Waals surface area contributed by atoms with Crippen LogP contribution in [0.1, 0.15) is 35.2 Å². The van der Waals surface area contributed by atoms with E-state index in [1.165, 1.54) is 12.1 Å². The molecule has 2 unspecified atom stereocenters. The van der Waals surface area contributed by atoms with Gasteiger partial charge in [-0.25, -0.2) is 4.39 Å². The fraction of sp³-hybridized carbons (Fsp3) is 0.467. The van der Waals surface area contributed by atoms with Gasteiger partial charge in [0.15, 0.2) is 0 Å². The van der Waals surface area contributed by atoms with Crippen LogP contribution in [0.4, 0.5) is 4.39 Å². The smallest absolute Gasteiger partial charge is 0.306 e. The Hall–Kier alpha value is -1.91. The van der Waals surface area contributed by atoms with Crippen molar-refractivity contribution in [2.45, 2.75) is 26.2 Å². The Bertz CT molecular complexity index is 530. The molecule has 1 aromatic carbocycles. The highest BCUT2D eigenvalue weighted by atomic mass is 19.1. The van der Waals surface area contributed by atoms with Crippen molar-refractivity contribution in [3.8, 4) is 0 Å². The molecule has 1 aliphatic rings. The number of nitrogens with one attached hydrogen (secondary N) is 1. The molecular weight excluding hydrogens is 261 g/mol. The number of halogens is 1. The van der Waals surface area contributed by atoms with Crippen molar-refractivity contribution in [2.75, 3.05) is 6.54 Å². The van der Waals surface area contributed by atoms with Crippen molar-refractivity contribution in [2.24, 2.45) is 11.8 Å². The Morgan fingerprint density at radius 3 is 2.80 bits per heavy atom. The number of rotatable bonds is 4. The Morgan fingerprint density at radius 1 is 1.40 bits per heavy atom. The van der Waals surface area contributed by atoms with Crippen LogP contribution < -0.4 is 5.32 Å². The van der Waals surface area contributed by atoms with Crippen molar-refractivity contribution in [1.82, 2.24) is 5.32 Å². The highest BCUT2D eigenvalue weighted by Crippen LogP contribution is 2.31. The van der Waals surface area contributed by atoms with E-state index in [0.717, 1.165) is 18.4 Å². The van der Waals surface area contributed by atoms with E-state index in [1.54, 1.807) is 13.0 Å². The van der Waals surface area contributed by atoms with Gasteiger partial charge < -0.3 is 10.4 Å². The lowest BCUT2D eigenvalue weighted by Crippen LogP contribution is -2.33. The molecule has 0 bridgehead atoms. The summed E-state index contributed by atoms with van der Waals surface area (Å²) in [4.78, 5) is 23.0. The van der Waals surface area contributed by atoms with E-state index in [-0.39, 0.29) is 18.0 Å². The molecule has 0 aromatic heterocycles. The van der Waals surface area contributed by atoms with Gasteiger partial charge in [-0.1, -0.05) is 12.5 Å². The van der Waals surface area contributed by atoms with Gasteiger partial charge in [-0.05, 0) is 43.4 Å². The molecule has 1 fully saturated rings. The lowest BCUT2D eigenvalue weighted by molar-refractivity contribution is -0.142. The Labute approximate surface area is 117 Å². The lowest BCUT2D eigenvalue weighted by atomic mass is 9.96. The van der Waals surface area contributed by atoms with Crippen LogP contribution in [0, 0.1) is 24.6 Å². The predicted molar refractivity (Wildman–Crippen MR) is 71.9 cm³/mol. The van der Waals surface area contributed by atoms with E-state index in [0.29, 0.717) is 6.42 Å². The van der Waals surface area contributed by atoms with Gasteiger partial charge in [-0.15, -0.1) is 0 Å². The number of carboxylic acid groups (broad SMARTS) is 1. The molecule has 108 valence electrons. The molecule has 1 amide bonds. The van der Waals surface area contributed by atoms with E-state index < -0.39 is 23.6 Å². The molecule has 1 saturated carbocycles. The standard InChI is InChI=1S/C15H18FNO3/c1-9-5-6-12(13(16)7-9)14(18)17-8-10-3-2-4-11(10)15(19)20/h5-7,10-11H,2-4,8H2,1H3,(H,17,18)(H,19,20). The van der Waals surface area contributed by atoms with Crippen molar-refractivity contribution in [3.63, 3.8) is 0 Å². The van der Waals surface area contributed by atoms with E-state index in [9.17, 15) is 14.0 Å². The minimum Gasteiger partial charge on any atom is -0.481 e. The maximum absolute atomic E-state index is 13.7. The van der Waals surface area contributed by atoms with Crippen LogP contribution in [-0.4, -0.2) is 23.5 Å². The topological polar surface area (TPSA) is 66.4 Å². The van der Waals surface area contributed by atoms with Crippen molar-refractivity contribution in [3.05, 3.63) is 35.1 Å². The number of carbonyl (C=O) groups is 2. The lowest BCUT2D eigenvalue weighted by Gasteiger charge is -2.16. The number of carboxylic acids is 1. The van der Waals surface area contributed by atoms with Gasteiger partial charge in [-0.3, -0.25) is 9.59 Å². The molecule has 0 radical (unpaired) electrons. The largest absolute Gasteiger partial charge is 0.481 e. The predicted octanol–water partition coefficient (Wildman–Crippen LogP) is 2.36. The fourth-order valence-electron chi connectivity index (χ4n) is 2.73. The second kappa shape index (κ2) is 6.03. The number of hydrogen-bond donors (Lipinski definition) is 2. The summed E-state index contributed by atoms with van der Waals surface area (Å²) in [5.74, 6) is -2.33. The van der Waals surface area contributed by atoms with Gasteiger partial charge in [-0.2, -0.15) is 0 Å². The highest BCUT2D eigenvalue weighted by Gasteiger charge is 2.33. The first kappa shape index (κ1) is 14.5. The third kappa shape index (κ3) is 3.15. The maximum atomic E-state index is 13.7. The van der Waals surface area contributed by atoms with Crippen LogP contribution in [0.3, 0.4) is 0 Å². The van der Waals surface area contributed by atoms with Crippen LogP contribution in [0.25, 0.3) is 0 Å². The Balaban J connectivity index is 1.97. The number of aliphatic carboxylic acids is 1. The minimum absolute atomic E-state index is 0.000437.